The molecule has 2 rings (SSSR count). The van der Waals surface area contributed by atoms with E-state index in [2.05, 4.69) is 10.6 Å². The molecule has 2 aromatic rings. The Balaban J connectivity index is 2.69. The van der Waals surface area contributed by atoms with Crippen LogP contribution in [0.3, 0.4) is 0 Å². The van der Waals surface area contributed by atoms with Gasteiger partial charge in [0.25, 0.3) is 0 Å². The van der Waals surface area contributed by atoms with Crippen LogP contribution in [0.1, 0.15) is 97.0 Å². The maximum atomic E-state index is 14.6. The summed E-state index contributed by atoms with van der Waals surface area (Å²) in [6, 6.07) is 11.0. The fourth-order valence-electron chi connectivity index (χ4n) is 4.77. The van der Waals surface area contributed by atoms with Crippen molar-refractivity contribution in [1.82, 2.24) is 15.5 Å². The highest BCUT2D eigenvalue weighted by atomic mass is 16.6. The van der Waals surface area contributed by atoms with Crippen LogP contribution in [0, 0.1) is 13.8 Å². The zero-order chi connectivity index (χ0) is 35.0. The fourth-order valence-corrected chi connectivity index (χ4v) is 4.77. The minimum absolute atomic E-state index is 0.158. The second kappa shape index (κ2) is 15.6. The molecular weight excluding hydrogens is 586 g/mol. The van der Waals surface area contributed by atoms with E-state index in [-0.39, 0.29) is 6.42 Å². The van der Waals surface area contributed by atoms with Crippen LogP contribution in [0.2, 0.25) is 0 Å². The van der Waals surface area contributed by atoms with Crippen molar-refractivity contribution in [1.29, 1.82) is 0 Å². The predicted octanol–water partition coefficient (Wildman–Crippen LogP) is 5.32. The minimum Gasteiger partial charge on any atom is -0.458 e. The fraction of sp³-hybridized carbons (Fsp3) is 0.556. The monoisotopic (exact) mass is 639 g/mol. The molecule has 0 aliphatic rings. The van der Waals surface area contributed by atoms with Crippen molar-refractivity contribution in [2.45, 2.75) is 124 Å². The smallest absolute Gasteiger partial charge is 0.408 e. The summed E-state index contributed by atoms with van der Waals surface area (Å²) < 4.78 is 11.0. The van der Waals surface area contributed by atoms with Crippen molar-refractivity contribution < 1.29 is 33.8 Å². The third-order valence-electron chi connectivity index (χ3n) is 7.57. The van der Waals surface area contributed by atoms with Gasteiger partial charge in [0, 0.05) is 12.0 Å². The summed E-state index contributed by atoms with van der Waals surface area (Å²) in [7, 11) is 0. The standard InChI is InChI=1S/C36H53N3O7/c1-12-36(10,11)39(31(42)28(22-40)38-33(44)46-35(7,8)9)29(26-19-18-23(2)24(3)20-26)30(41)37-27(32(43)45-34(4,5)6)21-25-16-14-13-15-17-25/h13-20,27-29,40H,12,21-22H2,1-11H3,(H,37,41)(H,38,44). The quantitative estimate of drug-likeness (QED) is 0.268. The number of ether oxygens (including phenoxy) is 2. The van der Waals surface area contributed by atoms with Gasteiger partial charge in [0.15, 0.2) is 0 Å². The third-order valence-corrected chi connectivity index (χ3v) is 7.57. The molecule has 3 unspecified atom stereocenters. The highest BCUT2D eigenvalue weighted by molar-refractivity contribution is 5.94. The number of carbonyl (C=O) groups excluding carboxylic acids is 4. The van der Waals surface area contributed by atoms with E-state index in [1.54, 1.807) is 47.6 Å². The molecule has 3 N–H and O–H groups in total. The molecule has 0 radical (unpaired) electrons. The van der Waals surface area contributed by atoms with Gasteiger partial charge in [0.2, 0.25) is 11.8 Å². The maximum Gasteiger partial charge on any atom is 0.408 e. The summed E-state index contributed by atoms with van der Waals surface area (Å²) in [5.74, 6) is -1.91. The number of alkyl carbamates (subject to hydrolysis) is 1. The van der Waals surface area contributed by atoms with E-state index in [4.69, 9.17) is 9.47 Å². The molecule has 0 saturated carbocycles. The van der Waals surface area contributed by atoms with E-state index in [0.717, 1.165) is 16.7 Å². The Labute approximate surface area is 274 Å². The molecule has 0 aliphatic carbocycles. The number of aliphatic hydroxyl groups excluding tert-OH is 1. The lowest BCUT2D eigenvalue weighted by Crippen LogP contribution is -2.61. The Morgan fingerprint density at radius 2 is 1.39 bits per heavy atom. The van der Waals surface area contributed by atoms with E-state index < -0.39 is 65.4 Å². The van der Waals surface area contributed by atoms with Crippen LogP contribution < -0.4 is 10.6 Å². The van der Waals surface area contributed by atoms with E-state index in [1.807, 2.05) is 77.1 Å². The molecule has 46 heavy (non-hydrogen) atoms. The number of nitrogens with one attached hydrogen (secondary N) is 2. The van der Waals surface area contributed by atoms with Crippen molar-refractivity contribution in [3.63, 3.8) is 0 Å². The van der Waals surface area contributed by atoms with Crippen LogP contribution in [-0.2, 0) is 30.3 Å². The summed E-state index contributed by atoms with van der Waals surface area (Å²) in [5, 5.41) is 15.7. The highest BCUT2D eigenvalue weighted by Crippen LogP contribution is 2.33. The first-order valence-electron chi connectivity index (χ1n) is 15.8. The van der Waals surface area contributed by atoms with Gasteiger partial charge >= 0.3 is 12.1 Å². The van der Waals surface area contributed by atoms with Gasteiger partial charge in [-0.3, -0.25) is 9.59 Å². The molecule has 0 aliphatic heterocycles. The molecule has 10 nitrogen and oxygen atoms in total. The lowest BCUT2D eigenvalue weighted by atomic mass is 9.90. The number of aryl methyl sites for hydroxylation is 2. The Kier molecular flexibility index (Phi) is 13.0. The van der Waals surface area contributed by atoms with Crippen LogP contribution in [0.4, 0.5) is 4.79 Å². The summed E-state index contributed by atoms with van der Waals surface area (Å²) in [4.78, 5) is 56.5. The molecule has 0 spiro atoms. The number of rotatable bonds is 12. The predicted molar refractivity (Wildman–Crippen MR) is 178 cm³/mol. The summed E-state index contributed by atoms with van der Waals surface area (Å²) >= 11 is 0. The van der Waals surface area contributed by atoms with Crippen LogP contribution in [0.25, 0.3) is 0 Å². The van der Waals surface area contributed by atoms with Crippen LogP contribution in [-0.4, -0.2) is 69.3 Å². The van der Waals surface area contributed by atoms with Gasteiger partial charge in [-0.15, -0.1) is 0 Å². The van der Waals surface area contributed by atoms with Gasteiger partial charge < -0.3 is 30.1 Å². The van der Waals surface area contributed by atoms with Gasteiger partial charge in [0.1, 0.15) is 29.3 Å². The summed E-state index contributed by atoms with van der Waals surface area (Å²) in [6.45, 7) is 18.9. The molecule has 254 valence electrons. The van der Waals surface area contributed by atoms with Gasteiger partial charge in [0.05, 0.1) is 6.61 Å². The van der Waals surface area contributed by atoms with Gasteiger partial charge in [-0.05, 0) is 97.9 Å². The largest absolute Gasteiger partial charge is 0.458 e. The Morgan fingerprint density at radius 3 is 1.89 bits per heavy atom. The van der Waals surface area contributed by atoms with Crippen molar-refractivity contribution in [3.8, 4) is 0 Å². The zero-order valence-corrected chi connectivity index (χ0v) is 29.3. The van der Waals surface area contributed by atoms with Crippen LogP contribution >= 0.6 is 0 Å². The number of nitrogens with zero attached hydrogens (tertiary/aromatic N) is 1. The molecular formula is C36H53N3O7. The Hall–Kier alpha value is -3.92. The molecule has 10 heteroatoms. The molecule has 0 heterocycles. The average molecular weight is 640 g/mol. The van der Waals surface area contributed by atoms with E-state index in [9.17, 15) is 24.3 Å². The number of aliphatic hydroxyl groups is 1. The minimum atomic E-state index is -1.41. The Morgan fingerprint density at radius 1 is 0.804 bits per heavy atom. The summed E-state index contributed by atoms with van der Waals surface area (Å²) in [6.07, 6.45) is -0.294. The normalized spacial score (nSPS) is 14.0. The molecule has 2 aromatic carbocycles. The molecule has 0 aromatic heterocycles. The number of hydrogen-bond acceptors (Lipinski definition) is 7. The first-order valence-corrected chi connectivity index (χ1v) is 15.8. The zero-order valence-electron chi connectivity index (χ0n) is 29.3. The Bertz CT molecular complexity index is 1360. The molecule has 3 amide bonds. The maximum absolute atomic E-state index is 14.6. The van der Waals surface area contributed by atoms with Crippen molar-refractivity contribution in [2.75, 3.05) is 6.61 Å². The lowest BCUT2D eigenvalue weighted by Gasteiger charge is -2.44. The number of amides is 3. The second-order valence-electron chi connectivity index (χ2n) is 14.3. The molecule has 0 fully saturated rings. The third kappa shape index (κ3) is 11.2. The average Bonchev–Trinajstić information content (AvgIpc) is 2.94. The highest BCUT2D eigenvalue weighted by Gasteiger charge is 2.44. The summed E-state index contributed by atoms with van der Waals surface area (Å²) in [5.41, 5.74) is 0.617. The first-order chi connectivity index (χ1) is 21.2. The number of hydrogen-bond donors (Lipinski definition) is 3. The van der Waals surface area contributed by atoms with E-state index >= 15 is 0 Å². The SMILES string of the molecule is CCC(C)(C)N(C(=O)C(CO)NC(=O)OC(C)(C)C)C(C(=O)NC(Cc1ccccc1)C(=O)OC(C)(C)C)c1ccc(C)c(C)c1. The van der Waals surface area contributed by atoms with Crippen LogP contribution in [0.15, 0.2) is 48.5 Å². The van der Waals surface area contributed by atoms with Crippen LogP contribution in [0.5, 0.6) is 0 Å². The van der Waals surface area contributed by atoms with E-state index in [0.29, 0.717) is 12.0 Å². The lowest BCUT2D eigenvalue weighted by molar-refractivity contribution is -0.159. The van der Waals surface area contributed by atoms with Crippen molar-refractivity contribution >= 4 is 23.9 Å². The number of esters is 1. The molecule has 0 bridgehead atoms. The number of carbonyl (C=O) groups is 4. The number of benzene rings is 2. The second-order valence-corrected chi connectivity index (χ2v) is 14.3. The van der Waals surface area contributed by atoms with Gasteiger partial charge in [-0.1, -0.05) is 55.5 Å². The van der Waals surface area contributed by atoms with Gasteiger partial charge in [-0.2, -0.15) is 0 Å². The van der Waals surface area contributed by atoms with Crippen molar-refractivity contribution in [3.05, 3.63) is 70.8 Å². The van der Waals surface area contributed by atoms with Gasteiger partial charge in [-0.25, -0.2) is 9.59 Å². The first kappa shape index (κ1) is 38.3. The molecule has 0 saturated heterocycles. The molecule has 3 atom stereocenters. The van der Waals surface area contributed by atoms with E-state index in [1.165, 1.54) is 4.90 Å². The topological polar surface area (TPSA) is 134 Å². The van der Waals surface area contributed by atoms with Crippen molar-refractivity contribution in [2.24, 2.45) is 0 Å².